The van der Waals surface area contributed by atoms with Crippen LogP contribution in [-0.2, 0) is 19.3 Å². The smallest absolute Gasteiger partial charge is 0.122 e. The lowest BCUT2D eigenvalue weighted by Crippen LogP contribution is -2.29. The number of hydrogen-bond acceptors (Lipinski definition) is 3. The van der Waals surface area contributed by atoms with Gasteiger partial charge >= 0.3 is 0 Å². The Labute approximate surface area is 156 Å². The number of fused-ring (bicyclic) bond motifs is 2. The van der Waals surface area contributed by atoms with Crippen molar-refractivity contribution in [2.24, 2.45) is 0 Å². The van der Waals surface area contributed by atoms with Crippen LogP contribution in [0.3, 0.4) is 0 Å². The van der Waals surface area contributed by atoms with Gasteiger partial charge in [0.25, 0.3) is 0 Å². The highest BCUT2D eigenvalue weighted by molar-refractivity contribution is 5.44. The van der Waals surface area contributed by atoms with Crippen molar-refractivity contribution in [3.8, 4) is 11.5 Å². The molecule has 4 rings (SSSR count). The van der Waals surface area contributed by atoms with Gasteiger partial charge in [-0.2, -0.15) is 0 Å². The van der Waals surface area contributed by atoms with Crippen molar-refractivity contribution in [3.63, 3.8) is 0 Å². The first-order valence-electron chi connectivity index (χ1n) is 9.84. The van der Waals surface area contributed by atoms with Crippen LogP contribution in [0.5, 0.6) is 11.5 Å². The van der Waals surface area contributed by atoms with Gasteiger partial charge < -0.3 is 14.4 Å². The van der Waals surface area contributed by atoms with Crippen molar-refractivity contribution >= 4 is 0 Å². The van der Waals surface area contributed by atoms with Crippen LogP contribution in [0.2, 0.25) is 0 Å². The molecule has 0 fully saturated rings. The van der Waals surface area contributed by atoms with E-state index in [0.717, 1.165) is 50.5 Å². The molecule has 3 heteroatoms. The molecule has 0 spiro atoms. The first-order valence-corrected chi connectivity index (χ1v) is 9.84. The van der Waals surface area contributed by atoms with E-state index in [1.165, 1.54) is 35.1 Å². The Morgan fingerprint density at radius 2 is 2.00 bits per heavy atom. The molecule has 3 nitrogen and oxygen atoms in total. The van der Waals surface area contributed by atoms with Gasteiger partial charge in [-0.05, 0) is 67.5 Å². The Hall–Kier alpha value is -2.00. The molecule has 0 saturated carbocycles. The van der Waals surface area contributed by atoms with Crippen molar-refractivity contribution in [2.45, 2.75) is 38.0 Å². The molecule has 1 aliphatic carbocycles. The monoisotopic (exact) mass is 351 g/mol. The fraction of sp³-hybridized carbons (Fsp3) is 0.478. The summed E-state index contributed by atoms with van der Waals surface area (Å²) in [5, 5.41) is 0. The summed E-state index contributed by atoms with van der Waals surface area (Å²) in [5.74, 6) is 2.77. The zero-order valence-corrected chi connectivity index (χ0v) is 16.0. The molecule has 138 valence electrons. The Morgan fingerprint density at radius 1 is 1.12 bits per heavy atom. The maximum absolute atomic E-state index is 5.70. The van der Waals surface area contributed by atoms with E-state index in [0.29, 0.717) is 5.92 Å². The van der Waals surface area contributed by atoms with E-state index in [2.05, 4.69) is 48.3 Å². The molecule has 0 radical (unpaired) electrons. The zero-order chi connectivity index (χ0) is 17.9. The van der Waals surface area contributed by atoms with E-state index in [4.69, 9.17) is 9.47 Å². The second-order valence-corrected chi connectivity index (χ2v) is 7.62. The third kappa shape index (κ3) is 3.45. The van der Waals surface area contributed by atoms with Crippen LogP contribution in [-0.4, -0.2) is 38.8 Å². The lowest BCUT2D eigenvalue weighted by molar-refractivity contribution is 0.299. The minimum Gasteiger partial charge on any atom is -0.496 e. The minimum absolute atomic E-state index is 0.615. The summed E-state index contributed by atoms with van der Waals surface area (Å²) in [7, 11) is 4.04. The van der Waals surface area contributed by atoms with Crippen molar-refractivity contribution in [2.75, 3.05) is 33.9 Å². The number of benzene rings is 2. The summed E-state index contributed by atoms with van der Waals surface area (Å²) in [6.45, 7) is 3.04. The fourth-order valence-corrected chi connectivity index (χ4v) is 4.60. The Kier molecular flexibility index (Phi) is 5.16. The first-order chi connectivity index (χ1) is 12.8. The second-order valence-electron chi connectivity index (χ2n) is 7.62. The van der Waals surface area contributed by atoms with E-state index >= 15 is 0 Å². The van der Waals surface area contributed by atoms with E-state index < -0.39 is 0 Å². The van der Waals surface area contributed by atoms with Crippen LogP contribution in [0.1, 0.15) is 41.0 Å². The molecule has 0 bridgehead atoms. The molecule has 2 aromatic rings. The molecular formula is C23H29NO2. The van der Waals surface area contributed by atoms with Gasteiger partial charge in [0.1, 0.15) is 11.5 Å². The number of hydrogen-bond donors (Lipinski definition) is 0. The van der Waals surface area contributed by atoms with Gasteiger partial charge in [-0.25, -0.2) is 0 Å². The number of nitrogens with zero attached hydrogens (tertiary/aromatic N) is 1. The van der Waals surface area contributed by atoms with Gasteiger partial charge in [0.05, 0.1) is 13.7 Å². The minimum atomic E-state index is 0.615. The summed E-state index contributed by atoms with van der Waals surface area (Å²) in [6.07, 6.45) is 5.84. The molecule has 26 heavy (non-hydrogen) atoms. The lowest BCUT2D eigenvalue weighted by atomic mass is 9.82. The highest BCUT2D eigenvalue weighted by Crippen LogP contribution is 2.37. The lowest BCUT2D eigenvalue weighted by Gasteiger charge is -2.30. The number of ether oxygens (including phenoxy) is 2. The molecule has 1 aliphatic heterocycles. The Morgan fingerprint density at radius 3 is 2.88 bits per heavy atom. The SMILES string of the molecule is COc1cccc2c1CCCC2CN(C)CCc1cccc2c1CCO2. The molecule has 1 atom stereocenters. The van der Waals surface area contributed by atoms with Crippen LogP contribution in [0.25, 0.3) is 0 Å². The van der Waals surface area contributed by atoms with Crippen molar-refractivity contribution in [1.29, 1.82) is 0 Å². The summed E-state index contributed by atoms with van der Waals surface area (Å²) in [4.78, 5) is 2.49. The van der Waals surface area contributed by atoms with E-state index in [1.807, 2.05) is 0 Å². The van der Waals surface area contributed by atoms with Crippen LogP contribution in [0, 0.1) is 0 Å². The maximum atomic E-state index is 5.70. The standard InChI is InChI=1S/C23H29NO2/c1-24(14-12-17-6-4-11-23-20(17)13-15-26-23)16-18-7-3-9-21-19(18)8-5-10-22(21)25-2/h4-6,8,10-11,18H,3,7,9,12-16H2,1-2H3. The third-order valence-electron chi connectivity index (χ3n) is 5.94. The second kappa shape index (κ2) is 7.71. The van der Waals surface area contributed by atoms with Crippen LogP contribution < -0.4 is 9.47 Å². The molecule has 0 aromatic heterocycles. The summed E-state index contributed by atoms with van der Waals surface area (Å²) in [6, 6.07) is 13.0. The van der Waals surface area contributed by atoms with Crippen LogP contribution in [0.4, 0.5) is 0 Å². The molecular weight excluding hydrogens is 322 g/mol. The Balaban J connectivity index is 1.41. The molecule has 2 aliphatic rings. The van der Waals surface area contributed by atoms with Gasteiger partial charge in [0.2, 0.25) is 0 Å². The molecule has 2 aromatic carbocycles. The molecule has 1 unspecified atom stereocenters. The summed E-state index contributed by atoms with van der Waals surface area (Å²) in [5.41, 5.74) is 5.81. The van der Waals surface area contributed by atoms with Gasteiger partial charge in [0, 0.05) is 25.1 Å². The van der Waals surface area contributed by atoms with Crippen LogP contribution >= 0.6 is 0 Å². The predicted octanol–water partition coefficient (Wildman–Crippen LogP) is 4.22. The predicted molar refractivity (Wildman–Crippen MR) is 106 cm³/mol. The van der Waals surface area contributed by atoms with E-state index in [-0.39, 0.29) is 0 Å². The van der Waals surface area contributed by atoms with Gasteiger partial charge in [-0.1, -0.05) is 24.3 Å². The van der Waals surface area contributed by atoms with E-state index in [9.17, 15) is 0 Å². The highest BCUT2D eigenvalue weighted by atomic mass is 16.5. The maximum Gasteiger partial charge on any atom is 0.122 e. The third-order valence-corrected chi connectivity index (χ3v) is 5.94. The van der Waals surface area contributed by atoms with E-state index in [1.54, 1.807) is 7.11 Å². The van der Waals surface area contributed by atoms with Crippen molar-refractivity contribution in [3.05, 3.63) is 58.7 Å². The largest absolute Gasteiger partial charge is 0.496 e. The Bertz CT molecular complexity index is 771. The number of methoxy groups -OCH3 is 1. The summed E-state index contributed by atoms with van der Waals surface area (Å²) < 4.78 is 11.3. The van der Waals surface area contributed by atoms with Crippen LogP contribution in [0.15, 0.2) is 36.4 Å². The molecule has 0 N–H and O–H groups in total. The van der Waals surface area contributed by atoms with Crippen molar-refractivity contribution < 1.29 is 9.47 Å². The molecule has 0 saturated heterocycles. The normalized spacial score (nSPS) is 18.3. The van der Waals surface area contributed by atoms with Gasteiger partial charge in [-0.15, -0.1) is 0 Å². The highest BCUT2D eigenvalue weighted by Gasteiger charge is 2.24. The van der Waals surface area contributed by atoms with Crippen molar-refractivity contribution in [1.82, 2.24) is 4.90 Å². The number of rotatable bonds is 6. The zero-order valence-electron chi connectivity index (χ0n) is 16.0. The first kappa shape index (κ1) is 17.4. The quantitative estimate of drug-likeness (QED) is 0.778. The van der Waals surface area contributed by atoms with Gasteiger partial charge in [-0.3, -0.25) is 0 Å². The molecule has 0 amide bonds. The van der Waals surface area contributed by atoms with Gasteiger partial charge in [0.15, 0.2) is 0 Å². The molecule has 1 heterocycles. The summed E-state index contributed by atoms with van der Waals surface area (Å²) >= 11 is 0. The number of likely N-dealkylation sites (N-methyl/N-ethyl adjacent to an activating group) is 1. The average molecular weight is 351 g/mol. The average Bonchev–Trinajstić information content (AvgIpc) is 3.15. The topological polar surface area (TPSA) is 21.7 Å². The fourth-order valence-electron chi connectivity index (χ4n) is 4.60.